The molecule has 2 bridgehead atoms. The number of carbonyl (C=O) groups is 1. The van der Waals surface area contributed by atoms with Crippen LogP contribution in [0.3, 0.4) is 0 Å². The fraction of sp³-hybridized carbons (Fsp3) is 0.900. The van der Waals surface area contributed by atoms with Crippen molar-refractivity contribution in [2.75, 3.05) is 6.61 Å². The first kappa shape index (κ1) is 23.5. The van der Waals surface area contributed by atoms with Crippen molar-refractivity contribution < 1.29 is 19.7 Å². The highest BCUT2D eigenvalue weighted by molar-refractivity contribution is 5.76. The predicted molar refractivity (Wildman–Crippen MR) is 132 cm³/mol. The van der Waals surface area contributed by atoms with Gasteiger partial charge in [0.2, 0.25) is 0 Å². The molecule has 190 valence electrons. The highest BCUT2D eigenvalue weighted by atomic mass is 16.6. The lowest BCUT2D eigenvalue weighted by molar-refractivity contribution is -0.400. The average Bonchev–Trinajstić information content (AvgIpc) is 3.17. The Labute approximate surface area is 205 Å². The standard InChI is InChI=1S/C30H46O4/c1-18(2)19-9-12-28(24(31)32)14-13-26(5)20(23(19)28)7-8-22-27(26,6)11-10-21-25(3,4)30(33)16-15-29(21,22)17-34-30/h19-23,33H,1,7-17H2,2-6H3,(H,31,32)/t19-,20+,21-,22+,23+,26+,27+,28-,29+,30-/m0/s1. The van der Waals surface area contributed by atoms with E-state index in [1.807, 2.05) is 0 Å². The van der Waals surface area contributed by atoms with Gasteiger partial charge in [-0.1, -0.05) is 39.8 Å². The van der Waals surface area contributed by atoms with E-state index in [0.717, 1.165) is 51.4 Å². The smallest absolute Gasteiger partial charge is 0.309 e. The molecule has 4 heteroatoms. The highest BCUT2D eigenvalue weighted by Gasteiger charge is 2.75. The Balaban J connectivity index is 1.43. The van der Waals surface area contributed by atoms with E-state index in [2.05, 4.69) is 41.2 Å². The monoisotopic (exact) mass is 470 g/mol. The quantitative estimate of drug-likeness (QED) is 0.457. The van der Waals surface area contributed by atoms with Crippen molar-refractivity contribution in [1.29, 1.82) is 0 Å². The third-order valence-electron chi connectivity index (χ3n) is 13.9. The zero-order chi connectivity index (χ0) is 24.5. The van der Waals surface area contributed by atoms with Crippen LogP contribution in [-0.4, -0.2) is 28.6 Å². The molecule has 7 fully saturated rings. The van der Waals surface area contributed by atoms with Gasteiger partial charge in [0.15, 0.2) is 5.79 Å². The summed E-state index contributed by atoms with van der Waals surface area (Å²) >= 11 is 0. The molecule has 34 heavy (non-hydrogen) atoms. The number of hydrogen-bond acceptors (Lipinski definition) is 3. The minimum atomic E-state index is -0.973. The molecule has 2 N–H and O–H groups in total. The van der Waals surface area contributed by atoms with Gasteiger partial charge in [0.05, 0.1) is 12.0 Å². The van der Waals surface area contributed by atoms with E-state index in [4.69, 9.17) is 4.74 Å². The van der Waals surface area contributed by atoms with Gasteiger partial charge in [-0.15, -0.1) is 0 Å². The molecular formula is C30H46O4. The Morgan fingerprint density at radius 2 is 1.62 bits per heavy atom. The van der Waals surface area contributed by atoms with E-state index >= 15 is 0 Å². The summed E-state index contributed by atoms with van der Waals surface area (Å²) < 4.78 is 6.33. The zero-order valence-corrected chi connectivity index (χ0v) is 22.1. The predicted octanol–water partition coefficient (Wildman–Crippen LogP) is 6.43. The molecule has 7 rings (SSSR count). The summed E-state index contributed by atoms with van der Waals surface area (Å²) in [5.74, 6) is 0.592. The Morgan fingerprint density at radius 1 is 0.882 bits per heavy atom. The van der Waals surface area contributed by atoms with Gasteiger partial charge in [-0.2, -0.15) is 0 Å². The van der Waals surface area contributed by atoms with E-state index in [9.17, 15) is 15.0 Å². The van der Waals surface area contributed by atoms with Gasteiger partial charge in [-0.25, -0.2) is 0 Å². The number of aliphatic carboxylic acids is 1. The molecule has 0 unspecified atom stereocenters. The van der Waals surface area contributed by atoms with E-state index in [1.165, 1.54) is 18.4 Å². The van der Waals surface area contributed by atoms with Crippen LogP contribution in [0.4, 0.5) is 0 Å². The van der Waals surface area contributed by atoms with Crippen molar-refractivity contribution in [3.8, 4) is 0 Å². The molecule has 0 radical (unpaired) electrons. The summed E-state index contributed by atoms with van der Waals surface area (Å²) in [5, 5.41) is 21.9. The molecule has 5 saturated carbocycles. The van der Waals surface area contributed by atoms with Crippen LogP contribution < -0.4 is 0 Å². The minimum Gasteiger partial charge on any atom is -0.481 e. The van der Waals surface area contributed by atoms with Crippen molar-refractivity contribution >= 4 is 5.97 Å². The number of aliphatic hydroxyl groups is 1. The van der Waals surface area contributed by atoms with Gasteiger partial charge in [0.25, 0.3) is 0 Å². The molecule has 10 atom stereocenters. The zero-order valence-electron chi connectivity index (χ0n) is 22.1. The van der Waals surface area contributed by atoms with E-state index in [1.54, 1.807) is 0 Å². The van der Waals surface area contributed by atoms with Crippen LogP contribution in [0.5, 0.6) is 0 Å². The Morgan fingerprint density at radius 3 is 2.24 bits per heavy atom. The normalized spacial score (nSPS) is 57.2. The first-order valence-electron chi connectivity index (χ1n) is 14.0. The van der Waals surface area contributed by atoms with Crippen LogP contribution in [0.15, 0.2) is 12.2 Å². The third kappa shape index (κ3) is 2.37. The maximum atomic E-state index is 12.8. The molecule has 2 saturated heterocycles. The second kappa shape index (κ2) is 6.71. The fourth-order valence-corrected chi connectivity index (χ4v) is 11.9. The second-order valence-electron chi connectivity index (χ2n) is 14.7. The van der Waals surface area contributed by atoms with Crippen molar-refractivity contribution in [3.63, 3.8) is 0 Å². The molecule has 1 spiro atoms. The lowest BCUT2D eigenvalue weighted by Gasteiger charge is -2.75. The van der Waals surface area contributed by atoms with Gasteiger partial charge >= 0.3 is 5.97 Å². The summed E-state index contributed by atoms with van der Waals surface area (Å²) in [5.41, 5.74) is 0.909. The maximum Gasteiger partial charge on any atom is 0.309 e. The number of carboxylic acid groups (broad SMARTS) is 1. The van der Waals surface area contributed by atoms with Gasteiger partial charge in [-0.3, -0.25) is 4.79 Å². The van der Waals surface area contributed by atoms with Crippen molar-refractivity contribution in [2.24, 2.45) is 56.7 Å². The van der Waals surface area contributed by atoms with E-state index < -0.39 is 17.2 Å². The lowest BCUT2D eigenvalue weighted by atomic mass is 9.31. The van der Waals surface area contributed by atoms with Gasteiger partial charge < -0.3 is 14.9 Å². The average molecular weight is 471 g/mol. The minimum absolute atomic E-state index is 0.145. The van der Waals surface area contributed by atoms with E-state index in [-0.39, 0.29) is 27.6 Å². The molecular weight excluding hydrogens is 424 g/mol. The summed E-state index contributed by atoms with van der Waals surface area (Å²) in [7, 11) is 0. The number of fused-ring (bicyclic) bond motifs is 7. The molecule has 4 nitrogen and oxygen atoms in total. The largest absolute Gasteiger partial charge is 0.481 e. The van der Waals surface area contributed by atoms with Crippen LogP contribution in [-0.2, 0) is 9.53 Å². The number of carboxylic acids is 1. The molecule has 5 aliphatic carbocycles. The molecule has 2 heterocycles. The summed E-state index contributed by atoms with van der Waals surface area (Å²) in [6, 6.07) is 0. The third-order valence-corrected chi connectivity index (χ3v) is 13.9. The molecule has 2 aliphatic heterocycles. The highest BCUT2D eigenvalue weighted by Crippen LogP contribution is 2.79. The first-order chi connectivity index (χ1) is 15.8. The first-order valence-corrected chi connectivity index (χ1v) is 14.0. The molecule has 7 aliphatic rings. The Hall–Kier alpha value is -0.870. The van der Waals surface area contributed by atoms with Crippen molar-refractivity contribution in [2.45, 2.75) is 105 Å². The Kier molecular flexibility index (Phi) is 4.64. The van der Waals surface area contributed by atoms with Crippen molar-refractivity contribution in [3.05, 3.63) is 12.2 Å². The second-order valence-corrected chi connectivity index (χ2v) is 14.7. The van der Waals surface area contributed by atoms with Crippen LogP contribution in [0.2, 0.25) is 0 Å². The van der Waals surface area contributed by atoms with Crippen LogP contribution >= 0.6 is 0 Å². The lowest BCUT2D eigenvalue weighted by Crippen LogP contribution is -2.74. The number of hydrogen-bond donors (Lipinski definition) is 2. The van der Waals surface area contributed by atoms with E-state index in [0.29, 0.717) is 30.3 Å². The number of allylic oxidation sites excluding steroid dienone is 1. The molecule has 0 aromatic carbocycles. The fourth-order valence-electron chi connectivity index (χ4n) is 11.9. The number of ether oxygens (including phenoxy) is 1. The summed E-state index contributed by atoms with van der Waals surface area (Å²) in [6.45, 7) is 16.8. The van der Waals surface area contributed by atoms with Gasteiger partial charge in [0, 0.05) is 17.3 Å². The SMILES string of the molecule is C=C(C)[C@@H]1CC[C@]2(C(=O)O)CC[C@]3(C)[C@H](CC[C@H]4[C@]56CC[C@](O)(OC5)C(C)(C)[C@@H]6CC[C@]43C)[C@@H]12. The maximum absolute atomic E-state index is 12.8. The van der Waals surface area contributed by atoms with Crippen LogP contribution in [0, 0.1) is 56.7 Å². The topological polar surface area (TPSA) is 66.8 Å². The molecule has 0 amide bonds. The summed E-state index contributed by atoms with van der Waals surface area (Å²) in [4.78, 5) is 12.8. The van der Waals surface area contributed by atoms with Gasteiger partial charge in [0.1, 0.15) is 0 Å². The van der Waals surface area contributed by atoms with Crippen LogP contribution in [0.25, 0.3) is 0 Å². The van der Waals surface area contributed by atoms with Gasteiger partial charge in [-0.05, 0) is 105 Å². The van der Waals surface area contributed by atoms with Crippen LogP contribution in [0.1, 0.15) is 98.8 Å². The Bertz CT molecular complexity index is 928. The molecule has 0 aromatic heterocycles. The number of rotatable bonds is 2. The summed E-state index contributed by atoms with van der Waals surface area (Å²) in [6.07, 6.45) is 10.2. The van der Waals surface area contributed by atoms with Crippen molar-refractivity contribution in [1.82, 2.24) is 0 Å². The molecule has 0 aromatic rings.